The summed E-state index contributed by atoms with van der Waals surface area (Å²) in [5.74, 6) is 1.39. The van der Waals surface area contributed by atoms with Crippen LogP contribution in [0.2, 0.25) is 0 Å². The summed E-state index contributed by atoms with van der Waals surface area (Å²) in [6.07, 6.45) is 8.66. The molecule has 1 saturated carbocycles. The van der Waals surface area contributed by atoms with Gasteiger partial charge in [0.2, 0.25) is 0 Å². The Morgan fingerprint density at radius 3 is 2.74 bits per heavy atom. The minimum Gasteiger partial charge on any atom is -0.317 e. The van der Waals surface area contributed by atoms with E-state index in [2.05, 4.69) is 43.0 Å². The largest absolute Gasteiger partial charge is 0.317 e. The fourth-order valence-electron chi connectivity index (χ4n) is 3.00. The summed E-state index contributed by atoms with van der Waals surface area (Å²) >= 11 is 0. The molecule has 0 aromatic carbocycles. The Hall–Kier alpha value is -0.830. The van der Waals surface area contributed by atoms with Crippen LogP contribution in [0.5, 0.6) is 0 Å². The molecule has 0 saturated heterocycles. The van der Waals surface area contributed by atoms with E-state index in [1.807, 2.05) is 0 Å². The Bertz CT molecular complexity index is 364. The van der Waals surface area contributed by atoms with E-state index in [1.165, 1.54) is 31.4 Å². The lowest BCUT2D eigenvalue weighted by molar-refractivity contribution is 0.357. The summed E-state index contributed by atoms with van der Waals surface area (Å²) in [5, 5.41) is 8.29. The van der Waals surface area contributed by atoms with Crippen LogP contribution in [0.3, 0.4) is 0 Å². The van der Waals surface area contributed by atoms with Crippen LogP contribution >= 0.6 is 0 Å². The molecule has 1 aliphatic rings. The van der Waals surface area contributed by atoms with Gasteiger partial charge in [0.1, 0.15) is 0 Å². The molecular formula is C16H29N3. The first-order valence-electron chi connectivity index (χ1n) is 7.95. The van der Waals surface area contributed by atoms with Crippen LogP contribution in [-0.4, -0.2) is 22.9 Å². The molecule has 1 heterocycles. The van der Waals surface area contributed by atoms with Crippen LogP contribution < -0.4 is 5.32 Å². The third-order valence-electron chi connectivity index (χ3n) is 4.43. The molecule has 19 heavy (non-hydrogen) atoms. The zero-order valence-electron chi connectivity index (χ0n) is 12.7. The average molecular weight is 263 g/mol. The first-order chi connectivity index (χ1) is 9.20. The minimum atomic E-state index is 0.667. The first-order valence-corrected chi connectivity index (χ1v) is 7.95. The lowest BCUT2D eigenvalue weighted by Crippen LogP contribution is -2.27. The quantitative estimate of drug-likeness (QED) is 0.817. The molecule has 0 aliphatic heterocycles. The molecular weight excluding hydrogens is 234 g/mol. The van der Waals surface area contributed by atoms with Gasteiger partial charge in [0, 0.05) is 6.20 Å². The van der Waals surface area contributed by atoms with Crippen molar-refractivity contribution in [3.8, 4) is 0 Å². The normalized spacial score (nSPS) is 18.3. The summed E-state index contributed by atoms with van der Waals surface area (Å²) in [6, 6.07) is 2.89. The maximum absolute atomic E-state index is 4.81. The summed E-state index contributed by atoms with van der Waals surface area (Å²) < 4.78 is 2.22. The highest BCUT2D eigenvalue weighted by Gasteiger charge is 2.19. The number of nitrogens with zero attached hydrogens (tertiary/aromatic N) is 2. The Labute approximate surface area is 117 Å². The van der Waals surface area contributed by atoms with Crippen molar-refractivity contribution in [1.29, 1.82) is 0 Å². The summed E-state index contributed by atoms with van der Waals surface area (Å²) in [4.78, 5) is 0. The van der Waals surface area contributed by atoms with E-state index >= 15 is 0 Å². The van der Waals surface area contributed by atoms with Crippen molar-refractivity contribution in [3.05, 3.63) is 18.0 Å². The summed E-state index contributed by atoms with van der Waals surface area (Å²) in [7, 11) is 0. The number of hydrogen-bond acceptors (Lipinski definition) is 2. The topological polar surface area (TPSA) is 29.9 Å². The maximum Gasteiger partial charge on any atom is 0.0628 e. The second-order valence-corrected chi connectivity index (χ2v) is 6.24. The van der Waals surface area contributed by atoms with Crippen LogP contribution in [0.15, 0.2) is 12.3 Å². The van der Waals surface area contributed by atoms with Crippen molar-refractivity contribution in [2.45, 2.75) is 58.9 Å². The van der Waals surface area contributed by atoms with Gasteiger partial charge in [-0.25, -0.2) is 0 Å². The van der Waals surface area contributed by atoms with Gasteiger partial charge >= 0.3 is 0 Å². The molecule has 108 valence electrons. The molecule has 0 radical (unpaired) electrons. The SMILES string of the molecule is CCNCC(Cc1ccn(C2CCCC2)n1)C(C)C. The molecule has 0 amide bonds. The van der Waals surface area contributed by atoms with Crippen LogP contribution in [-0.2, 0) is 6.42 Å². The van der Waals surface area contributed by atoms with Gasteiger partial charge in [-0.3, -0.25) is 4.68 Å². The molecule has 2 rings (SSSR count). The second-order valence-electron chi connectivity index (χ2n) is 6.24. The molecule has 1 aromatic rings. The summed E-state index contributed by atoms with van der Waals surface area (Å²) in [6.45, 7) is 8.96. The Morgan fingerprint density at radius 1 is 1.37 bits per heavy atom. The van der Waals surface area contributed by atoms with Crippen molar-refractivity contribution in [2.24, 2.45) is 11.8 Å². The van der Waals surface area contributed by atoms with Gasteiger partial charge in [-0.05, 0) is 50.3 Å². The highest BCUT2D eigenvalue weighted by Crippen LogP contribution is 2.29. The molecule has 1 fully saturated rings. The molecule has 1 aromatic heterocycles. The van der Waals surface area contributed by atoms with Crippen LogP contribution in [0, 0.1) is 11.8 Å². The predicted octanol–water partition coefficient (Wildman–Crippen LogP) is 3.42. The molecule has 0 spiro atoms. The molecule has 3 nitrogen and oxygen atoms in total. The zero-order chi connectivity index (χ0) is 13.7. The highest BCUT2D eigenvalue weighted by atomic mass is 15.3. The molecule has 1 unspecified atom stereocenters. The van der Waals surface area contributed by atoms with E-state index in [0.29, 0.717) is 17.9 Å². The van der Waals surface area contributed by atoms with Gasteiger partial charge in [0.15, 0.2) is 0 Å². The number of nitrogens with one attached hydrogen (secondary N) is 1. The molecule has 3 heteroatoms. The zero-order valence-corrected chi connectivity index (χ0v) is 12.7. The number of aromatic nitrogens is 2. The lowest BCUT2D eigenvalue weighted by Gasteiger charge is -2.20. The van der Waals surface area contributed by atoms with Crippen molar-refractivity contribution >= 4 is 0 Å². The van der Waals surface area contributed by atoms with E-state index in [0.717, 1.165) is 19.5 Å². The summed E-state index contributed by atoms with van der Waals surface area (Å²) in [5.41, 5.74) is 1.27. The monoisotopic (exact) mass is 263 g/mol. The predicted molar refractivity (Wildman–Crippen MR) is 80.3 cm³/mol. The van der Waals surface area contributed by atoms with Crippen molar-refractivity contribution in [2.75, 3.05) is 13.1 Å². The van der Waals surface area contributed by atoms with Crippen molar-refractivity contribution in [1.82, 2.24) is 15.1 Å². The third-order valence-corrected chi connectivity index (χ3v) is 4.43. The van der Waals surface area contributed by atoms with E-state index < -0.39 is 0 Å². The minimum absolute atomic E-state index is 0.667. The van der Waals surface area contributed by atoms with E-state index in [1.54, 1.807) is 0 Å². The Kier molecular flexibility index (Phi) is 5.44. The van der Waals surface area contributed by atoms with Gasteiger partial charge in [-0.15, -0.1) is 0 Å². The smallest absolute Gasteiger partial charge is 0.0628 e. The van der Waals surface area contributed by atoms with E-state index in [9.17, 15) is 0 Å². The molecule has 1 aliphatic carbocycles. The molecule has 1 atom stereocenters. The first kappa shape index (κ1) is 14.6. The van der Waals surface area contributed by atoms with Crippen molar-refractivity contribution < 1.29 is 0 Å². The van der Waals surface area contributed by atoms with Gasteiger partial charge in [0.05, 0.1) is 11.7 Å². The second kappa shape index (κ2) is 7.09. The van der Waals surface area contributed by atoms with Crippen molar-refractivity contribution in [3.63, 3.8) is 0 Å². The van der Waals surface area contributed by atoms with E-state index in [-0.39, 0.29) is 0 Å². The van der Waals surface area contributed by atoms with Gasteiger partial charge in [-0.2, -0.15) is 5.10 Å². The number of rotatable bonds is 7. The van der Waals surface area contributed by atoms with Gasteiger partial charge < -0.3 is 5.32 Å². The van der Waals surface area contributed by atoms with E-state index in [4.69, 9.17) is 5.10 Å². The van der Waals surface area contributed by atoms with Crippen LogP contribution in [0.4, 0.5) is 0 Å². The highest BCUT2D eigenvalue weighted by molar-refractivity contribution is 5.02. The average Bonchev–Trinajstić information content (AvgIpc) is 3.04. The third kappa shape index (κ3) is 4.07. The lowest BCUT2D eigenvalue weighted by atomic mass is 9.91. The fraction of sp³-hybridized carbons (Fsp3) is 0.812. The van der Waals surface area contributed by atoms with Crippen LogP contribution in [0.1, 0.15) is 58.2 Å². The maximum atomic E-state index is 4.81. The molecule has 1 N–H and O–H groups in total. The fourth-order valence-corrected chi connectivity index (χ4v) is 3.00. The Morgan fingerprint density at radius 2 is 2.11 bits per heavy atom. The number of hydrogen-bond donors (Lipinski definition) is 1. The standard InChI is InChI=1S/C16H29N3/c1-4-17-12-14(13(2)3)11-15-9-10-19(18-15)16-7-5-6-8-16/h9-10,13-14,16-17H,4-8,11-12H2,1-3H3. The van der Waals surface area contributed by atoms with Gasteiger partial charge in [0.25, 0.3) is 0 Å². The van der Waals surface area contributed by atoms with Gasteiger partial charge in [-0.1, -0.05) is 33.6 Å². The Balaban J connectivity index is 1.93. The molecule has 0 bridgehead atoms. The van der Waals surface area contributed by atoms with Crippen LogP contribution in [0.25, 0.3) is 0 Å².